The van der Waals surface area contributed by atoms with Gasteiger partial charge in [-0.3, -0.25) is 9.67 Å². The van der Waals surface area contributed by atoms with E-state index >= 15 is 0 Å². The number of aromatic nitrogens is 2. The zero-order chi connectivity index (χ0) is 17.4. The Morgan fingerprint density at radius 3 is 2.96 bits per heavy atom. The second-order valence-corrected chi connectivity index (χ2v) is 6.91. The van der Waals surface area contributed by atoms with Crippen LogP contribution in [0.25, 0.3) is 0 Å². The number of nitrogens with zero attached hydrogens (tertiary/aromatic N) is 4. The minimum absolute atomic E-state index is 0.546. The first-order chi connectivity index (χ1) is 11.6. The average Bonchev–Trinajstić information content (AvgIpc) is 3.18. The van der Waals surface area contributed by atoms with Gasteiger partial charge in [0.25, 0.3) is 0 Å². The van der Waals surface area contributed by atoms with Gasteiger partial charge in [-0.2, -0.15) is 5.10 Å². The predicted octanol–water partition coefficient (Wildman–Crippen LogP) is 2.24. The maximum Gasteiger partial charge on any atom is 0.194 e. The van der Waals surface area contributed by atoms with Gasteiger partial charge in [0.1, 0.15) is 0 Å². The van der Waals surface area contributed by atoms with Crippen LogP contribution in [0.5, 0.6) is 0 Å². The smallest absolute Gasteiger partial charge is 0.194 e. The van der Waals surface area contributed by atoms with E-state index in [-0.39, 0.29) is 0 Å². The number of guanidine groups is 1. The Balaban J connectivity index is 1.80. The van der Waals surface area contributed by atoms with Crippen molar-refractivity contribution in [2.24, 2.45) is 18.0 Å². The Morgan fingerprint density at radius 2 is 2.29 bits per heavy atom. The Morgan fingerprint density at radius 1 is 1.46 bits per heavy atom. The van der Waals surface area contributed by atoms with E-state index in [1.807, 2.05) is 17.9 Å². The van der Waals surface area contributed by atoms with Crippen LogP contribution in [0.3, 0.4) is 0 Å². The first-order valence-electron chi connectivity index (χ1n) is 9.19. The SMILES string of the molecule is CCNC(=NCCOCCC(C)C)N1CCC(c2cnn(C)c2)C1. The summed E-state index contributed by atoms with van der Waals surface area (Å²) in [6.07, 6.45) is 6.38. The fourth-order valence-electron chi connectivity index (χ4n) is 2.94. The summed E-state index contributed by atoms with van der Waals surface area (Å²) in [4.78, 5) is 7.09. The van der Waals surface area contributed by atoms with Crippen molar-refractivity contribution in [2.45, 2.75) is 39.5 Å². The summed E-state index contributed by atoms with van der Waals surface area (Å²) in [5.41, 5.74) is 1.33. The molecule has 0 aliphatic carbocycles. The molecule has 1 aliphatic rings. The molecule has 1 unspecified atom stereocenters. The Labute approximate surface area is 146 Å². The van der Waals surface area contributed by atoms with E-state index in [1.54, 1.807) is 0 Å². The molecule has 1 atom stereocenters. The number of aliphatic imine (C=N–C) groups is 1. The van der Waals surface area contributed by atoms with Gasteiger partial charge in [-0.05, 0) is 31.2 Å². The number of aryl methyl sites for hydroxylation is 1. The summed E-state index contributed by atoms with van der Waals surface area (Å²) in [7, 11) is 1.97. The molecule has 0 spiro atoms. The third-order valence-corrected chi connectivity index (χ3v) is 4.36. The van der Waals surface area contributed by atoms with Crippen molar-refractivity contribution < 1.29 is 4.74 Å². The first-order valence-corrected chi connectivity index (χ1v) is 9.19. The molecule has 2 rings (SSSR count). The molecule has 1 aromatic heterocycles. The Kier molecular flexibility index (Phi) is 7.56. The Bertz CT molecular complexity index is 511. The van der Waals surface area contributed by atoms with Crippen molar-refractivity contribution in [1.29, 1.82) is 0 Å². The quantitative estimate of drug-likeness (QED) is 0.450. The number of hydrogen-bond donors (Lipinski definition) is 1. The van der Waals surface area contributed by atoms with E-state index in [2.05, 4.69) is 42.3 Å². The number of nitrogens with one attached hydrogen (secondary N) is 1. The zero-order valence-corrected chi connectivity index (χ0v) is 15.7. The van der Waals surface area contributed by atoms with E-state index in [4.69, 9.17) is 9.73 Å². The van der Waals surface area contributed by atoms with Gasteiger partial charge in [0.2, 0.25) is 0 Å². The standard InChI is InChI=1S/C18H33N5O/c1-5-19-18(20-8-11-24-10-7-15(2)3)23-9-6-16(14-23)17-12-21-22(4)13-17/h12-13,15-16H,5-11,14H2,1-4H3,(H,19,20). The van der Waals surface area contributed by atoms with Crippen molar-refractivity contribution in [3.05, 3.63) is 18.0 Å². The molecule has 6 nitrogen and oxygen atoms in total. The lowest BCUT2D eigenvalue weighted by Crippen LogP contribution is -2.40. The van der Waals surface area contributed by atoms with Crippen LogP contribution < -0.4 is 5.32 Å². The first kappa shape index (κ1) is 18.8. The third-order valence-electron chi connectivity index (χ3n) is 4.36. The van der Waals surface area contributed by atoms with Crippen molar-refractivity contribution in [1.82, 2.24) is 20.0 Å². The highest BCUT2D eigenvalue weighted by Gasteiger charge is 2.26. The fraction of sp³-hybridized carbons (Fsp3) is 0.778. The molecule has 2 heterocycles. The van der Waals surface area contributed by atoms with Gasteiger partial charge in [-0.25, -0.2) is 0 Å². The summed E-state index contributed by atoms with van der Waals surface area (Å²) >= 11 is 0. The van der Waals surface area contributed by atoms with Crippen LogP contribution >= 0.6 is 0 Å². The average molecular weight is 335 g/mol. The molecule has 136 valence electrons. The topological polar surface area (TPSA) is 54.7 Å². The normalized spacial score (nSPS) is 18.6. The Hall–Kier alpha value is -1.56. The molecule has 1 aromatic rings. The van der Waals surface area contributed by atoms with E-state index in [0.29, 0.717) is 25.0 Å². The second kappa shape index (κ2) is 9.67. The van der Waals surface area contributed by atoms with E-state index in [0.717, 1.165) is 45.0 Å². The van der Waals surface area contributed by atoms with Gasteiger partial charge in [0.15, 0.2) is 5.96 Å². The highest BCUT2D eigenvalue weighted by Crippen LogP contribution is 2.26. The van der Waals surface area contributed by atoms with Gasteiger partial charge in [-0.1, -0.05) is 13.8 Å². The number of likely N-dealkylation sites (tertiary alicyclic amines) is 1. The number of rotatable bonds is 8. The number of hydrogen-bond acceptors (Lipinski definition) is 3. The van der Waals surface area contributed by atoms with Crippen LogP contribution in [0, 0.1) is 5.92 Å². The van der Waals surface area contributed by atoms with Crippen molar-refractivity contribution in [2.75, 3.05) is 39.4 Å². The zero-order valence-electron chi connectivity index (χ0n) is 15.7. The molecular weight excluding hydrogens is 302 g/mol. The van der Waals surface area contributed by atoms with E-state index in [9.17, 15) is 0 Å². The monoisotopic (exact) mass is 335 g/mol. The molecule has 0 saturated carbocycles. The van der Waals surface area contributed by atoms with E-state index in [1.165, 1.54) is 5.56 Å². The molecule has 0 radical (unpaired) electrons. The van der Waals surface area contributed by atoms with E-state index < -0.39 is 0 Å². The molecule has 1 N–H and O–H groups in total. The predicted molar refractivity (Wildman–Crippen MR) is 98.4 cm³/mol. The minimum atomic E-state index is 0.546. The maximum absolute atomic E-state index is 5.66. The maximum atomic E-state index is 5.66. The lowest BCUT2D eigenvalue weighted by Gasteiger charge is -2.21. The van der Waals surface area contributed by atoms with Gasteiger partial charge in [-0.15, -0.1) is 0 Å². The summed E-state index contributed by atoms with van der Waals surface area (Å²) in [6, 6.07) is 0. The van der Waals surface area contributed by atoms with Crippen LogP contribution in [0.15, 0.2) is 17.4 Å². The van der Waals surface area contributed by atoms with Gasteiger partial charge >= 0.3 is 0 Å². The molecule has 1 aliphatic heterocycles. The molecule has 1 saturated heterocycles. The molecule has 1 fully saturated rings. The van der Waals surface area contributed by atoms with Gasteiger partial charge in [0, 0.05) is 45.4 Å². The highest BCUT2D eigenvalue weighted by atomic mass is 16.5. The lowest BCUT2D eigenvalue weighted by atomic mass is 10.0. The number of ether oxygens (including phenoxy) is 1. The van der Waals surface area contributed by atoms with Crippen LogP contribution in [-0.2, 0) is 11.8 Å². The van der Waals surface area contributed by atoms with Crippen molar-refractivity contribution >= 4 is 5.96 Å². The van der Waals surface area contributed by atoms with Crippen LogP contribution in [0.2, 0.25) is 0 Å². The second-order valence-electron chi connectivity index (χ2n) is 6.91. The largest absolute Gasteiger partial charge is 0.380 e. The molecule has 6 heteroatoms. The third kappa shape index (κ3) is 5.82. The van der Waals surface area contributed by atoms with Crippen molar-refractivity contribution in [3.63, 3.8) is 0 Å². The minimum Gasteiger partial charge on any atom is -0.380 e. The molecule has 24 heavy (non-hydrogen) atoms. The molecule has 0 aromatic carbocycles. The van der Waals surface area contributed by atoms with Crippen LogP contribution in [0.1, 0.15) is 45.1 Å². The molecule has 0 amide bonds. The van der Waals surface area contributed by atoms with Crippen LogP contribution in [0.4, 0.5) is 0 Å². The molecular formula is C18H33N5O. The highest BCUT2D eigenvalue weighted by molar-refractivity contribution is 5.80. The lowest BCUT2D eigenvalue weighted by molar-refractivity contribution is 0.130. The van der Waals surface area contributed by atoms with Gasteiger partial charge in [0.05, 0.1) is 19.3 Å². The fourth-order valence-corrected chi connectivity index (χ4v) is 2.94. The van der Waals surface area contributed by atoms with Crippen molar-refractivity contribution in [3.8, 4) is 0 Å². The summed E-state index contributed by atoms with van der Waals surface area (Å²) in [6.45, 7) is 11.7. The summed E-state index contributed by atoms with van der Waals surface area (Å²) < 4.78 is 7.55. The van der Waals surface area contributed by atoms with Gasteiger partial charge < -0.3 is 15.0 Å². The van der Waals surface area contributed by atoms with Crippen LogP contribution in [-0.4, -0.2) is 60.0 Å². The summed E-state index contributed by atoms with van der Waals surface area (Å²) in [5.74, 6) is 2.25. The molecule has 0 bridgehead atoms. The summed E-state index contributed by atoms with van der Waals surface area (Å²) in [5, 5.41) is 7.70.